The summed E-state index contributed by atoms with van der Waals surface area (Å²) in [6.45, 7) is 4.63. The Balaban J connectivity index is 1.55. The lowest BCUT2D eigenvalue weighted by Gasteiger charge is -2.58. The summed E-state index contributed by atoms with van der Waals surface area (Å²) in [5.74, 6) is -0.915. The number of aryl methyl sites for hydroxylation is 1. The van der Waals surface area contributed by atoms with Crippen LogP contribution < -0.4 is 24.3 Å². The van der Waals surface area contributed by atoms with E-state index < -0.39 is 47.1 Å². The molecule has 43 heavy (non-hydrogen) atoms. The van der Waals surface area contributed by atoms with E-state index in [1.807, 2.05) is 17.9 Å². The third kappa shape index (κ3) is 3.93. The average molecular weight is 608 g/mol. The first-order valence-corrected chi connectivity index (χ1v) is 15.0. The molecule has 5 aliphatic heterocycles. The van der Waals surface area contributed by atoms with E-state index in [-0.39, 0.29) is 36.7 Å². The monoisotopic (exact) mass is 607 g/mol. The van der Waals surface area contributed by atoms with Crippen LogP contribution in [-0.2, 0) is 25.5 Å². The number of rotatable bonds is 2. The van der Waals surface area contributed by atoms with Crippen LogP contribution in [0.2, 0.25) is 0 Å². The average Bonchev–Trinajstić information content (AvgIpc) is 3.46. The van der Waals surface area contributed by atoms with E-state index in [1.165, 1.54) is 25.8 Å². The number of carbonyl (C=O) groups is 3. The molecule has 5 heterocycles. The first-order chi connectivity index (χ1) is 20.7. The molecule has 5 aliphatic rings. The van der Waals surface area contributed by atoms with E-state index in [2.05, 4.69) is 11.4 Å². The number of phenols is 1. The minimum atomic E-state index is -0.952. The molecular weight excluding hydrogens is 578 g/mol. The van der Waals surface area contributed by atoms with Crippen molar-refractivity contribution in [2.24, 2.45) is 0 Å². The van der Waals surface area contributed by atoms with Gasteiger partial charge in [0.25, 0.3) is 0 Å². The van der Waals surface area contributed by atoms with Crippen molar-refractivity contribution in [2.45, 2.75) is 62.7 Å². The summed E-state index contributed by atoms with van der Waals surface area (Å²) in [5, 5.41) is 25.2. The maximum absolute atomic E-state index is 12.8. The third-order valence-electron chi connectivity index (χ3n) is 9.03. The van der Waals surface area contributed by atoms with Crippen LogP contribution in [0.15, 0.2) is 6.07 Å². The molecule has 0 saturated carbocycles. The third-order valence-corrected chi connectivity index (χ3v) is 10.3. The van der Waals surface area contributed by atoms with E-state index in [9.17, 15) is 24.8 Å². The predicted molar refractivity (Wildman–Crippen MR) is 150 cm³/mol. The summed E-state index contributed by atoms with van der Waals surface area (Å²) in [6.07, 6.45) is 0.464. The van der Waals surface area contributed by atoms with Crippen molar-refractivity contribution < 1.29 is 43.2 Å². The molecule has 0 amide bonds. The first-order valence-electron chi connectivity index (χ1n) is 13.9. The number of ketones is 1. The number of carbonyl (C=O) groups excluding carboxylic acids is 3. The van der Waals surface area contributed by atoms with Crippen molar-refractivity contribution in [2.75, 3.05) is 26.3 Å². The number of benzene rings is 2. The van der Waals surface area contributed by atoms with Gasteiger partial charge in [-0.3, -0.25) is 14.5 Å². The second-order valence-electron chi connectivity index (χ2n) is 11.3. The Morgan fingerprint density at radius 2 is 1.93 bits per heavy atom. The Bertz CT molecular complexity index is 1650. The number of aromatic hydroxyl groups is 1. The zero-order valence-corrected chi connectivity index (χ0v) is 24.7. The molecule has 1 unspecified atom stereocenters. The zero-order valence-electron chi connectivity index (χ0n) is 23.9. The van der Waals surface area contributed by atoms with Crippen molar-refractivity contribution >= 4 is 29.5 Å². The highest BCUT2D eigenvalue weighted by molar-refractivity contribution is 8.00. The molecule has 0 radical (unpaired) electrons. The fourth-order valence-corrected chi connectivity index (χ4v) is 8.85. The molecule has 2 aromatic carbocycles. The Morgan fingerprint density at radius 1 is 1.16 bits per heavy atom. The van der Waals surface area contributed by atoms with Crippen LogP contribution >= 0.6 is 11.8 Å². The smallest absolute Gasteiger partial charge is 0.375 e. The Labute approximate surface area is 251 Å². The molecule has 13 heteroatoms. The quantitative estimate of drug-likeness (QED) is 0.292. The second-order valence-corrected chi connectivity index (χ2v) is 12.5. The summed E-state index contributed by atoms with van der Waals surface area (Å²) in [5.41, 5.74) is 4.08. The highest BCUT2D eigenvalue weighted by atomic mass is 32.2. The number of esters is 2. The van der Waals surface area contributed by atoms with Crippen molar-refractivity contribution in [1.82, 2.24) is 10.2 Å². The molecule has 2 fully saturated rings. The van der Waals surface area contributed by atoms with Gasteiger partial charge >= 0.3 is 11.9 Å². The number of Topliss-reactive ketones (excluding diaryl/α,β-unsaturated/α-hetero) is 1. The molecular formula is C30H29N3O9S. The van der Waals surface area contributed by atoms with Gasteiger partial charge < -0.3 is 34.1 Å². The van der Waals surface area contributed by atoms with Gasteiger partial charge in [0.2, 0.25) is 12.6 Å². The molecule has 2 N–H and O–H groups in total. The highest BCUT2D eigenvalue weighted by Gasteiger charge is 2.59. The largest absolute Gasteiger partial charge is 0.504 e. The van der Waals surface area contributed by atoms with Gasteiger partial charge in [0.05, 0.1) is 36.3 Å². The van der Waals surface area contributed by atoms with Crippen LogP contribution in [0.4, 0.5) is 0 Å². The van der Waals surface area contributed by atoms with Gasteiger partial charge in [0.1, 0.15) is 18.4 Å². The molecule has 2 aromatic rings. The Morgan fingerprint density at radius 3 is 2.65 bits per heavy atom. The van der Waals surface area contributed by atoms with Crippen LogP contribution in [0.3, 0.4) is 0 Å². The highest BCUT2D eigenvalue weighted by Crippen LogP contribution is 2.62. The fraction of sp³-hybridized carbons (Fsp3) is 0.467. The Hall–Kier alpha value is -3.99. The van der Waals surface area contributed by atoms with Gasteiger partial charge in [-0.15, -0.1) is 11.8 Å². The molecule has 0 aromatic heterocycles. The van der Waals surface area contributed by atoms with E-state index >= 15 is 0 Å². The molecule has 6 atom stereocenters. The predicted octanol–water partition coefficient (Wildman–Crippen LogP) is 2.46. The number of cyclic esters (lactones) is 1. The molecule has 0 aliphatic carbocycles. The number of nitrogens with one attached hydrogen (secondary N) is 1. The summed E-state index contributed by atoms with van der Waals surface area (Å²) < 4.78 is 28.9. The lowest BCUT2D eigenvalue weighted by Crippen LogP contribution is -2.69. The molecule has 2 saturated heterocycles. The number of nitrogens with zero attached hydrogens (tertiary/aromatic N) is 2. The first kappa shape index (κ1) is 27.8. The van der Waals surface area contributed by atoms with Crippen LogP contribution in [0.25, 0.3) is 0 Å². The molecule has 4 bridgehead atoms. The normalized spacial score (nSPS) is 28.6. The van der Waals surface area contributed by atoms with Crippen LogP contribution in [0, 0.1) is 25.2 Å². The minimum Gasteiger partial charge on any atom is -0.504 e. The number of piperazine rings is 1. The van der Waals surface area contributed by atoms with E-state index in [0.717, 1.165) is 11.1 Å². The molecule has 224 valence electrons. The molecule has 7 rings (SSSR count). The summed E-state index contributed by atoms with van der Waals surface area (Å²) >= 11 is 1.20. The van der Waals surface area contributed by atoms with Crippen molar-refractivity contribution in [1.29, 1.82) is 5.26 Å². The lowest BCUT2D eigenvalue weighted by atomic mass is 9.72. The van der Waals surface area contributed by atoms with Crippen molar-refractivity contribution in [3.8, 4) is 34.8 Å². The van der Waals surface area contributed by atoms with E-state index in [4.69, 9.17) is 23.7 Å². The van der Waals surface area contributed by atoms with Crippen LogP contribution in [0.1, 0.15) is 57.6 Å². The van der Waals surface area contributed by atoms with Gasteiger partial charge in [-0.05, 0) is 31.4 Å². The maximum Gasteiger partial charge on any atom is 0.375 e. The summed E-state index contributed by atoms with van der Waals surface area (Å²) in [4.78, 5) is 40.0. The number of nitriles is 1. The lowest BCUT2D eigenvalue weighted by molar-refractivity contribution is -0.155. The zero-order chi connectivity index (χ0) is 30.3. The van der Waals surface area contributed by atoms with Crippen LogP contribution in [0.5, 0.6) is 28.7 Å². The van der Waals surface area contributed by atoms with Gasteiger partial charge in [-0.1, -0.05) is 6.07 Å². The SMILES string of the molecule is COc1c(C)cc2c(c1O)[C@H]1N[C@H](C2)[C@H](C#N)N2C1[C@@H]1SCC(=O)C(=O)OC[C@@H]2c2c3c(c(C)c(OC(C)=O)c21)OCO3. The van der Waals surface area contributed by atoms with Gasteiger partial charge in [-0.2, -0.15) is 5.26 Å². The topological polar surface area (TPSA) is 157 Å². The summed E-state index contributed by atoms with van der Waals surface area (Å²) in [7, 11) is 1.50. The van der Waals surface area contributed by atoms with Gasteiger partial charge in [0.15, 0.2) is 23.0 Å². The standard InChI is InChI=1S/C30H29N3O9S/c1-11-5-14-6-15-16(7-31)33-17-8-39-30(37)18(35)9-43-29(23(33)22(32-15)19(14)24(36)25(11)38-4)21-20(17)28-27(40-10-41-28)12(2)26(21)42-13(3)34/h5,15-17,22-23,29,32,36H,6,8-10H2,1-4H3/t15-,16+,17-,22-,23?,29-/m1/s1. The van der Waals surface area contributed by atoms with E-state index in [0.29, 0.717) is 45.9 Å². The summed E-state index contributed by atoms with van der Waals surface area (Å²) in [6, 6.07) is 1.61. The number of phenolic OH excluding ortho intramolecular Hbond substituents is 1. The number of methoxy groups -OCH3 is 1. The van der Waals surface area contributed by atoms with Crippen LogP contribution in [-0.4, -0.2) is 72.1 Å². The van der Waals surface area contributed by atoms with Crippen molar-refractivity contribution in [3.63, 3.8) is 0 Å². The number of thioether (sulfide) groups is 1. The van der Waals surface area contributed by atoms with Gasteiger partial charge in [0, 0.05) is 41.3 Å². The Kier molecular flexibility index (Phi) is 6.50. The molecule has 12 nitrogen and oxygen atoms in total. The minimum absolute atomic E-state index is 0.00609. The second kappa shape index (κ2) is 10.0. The number of hydrogen-bond donors (Lipinski definition) is 2. The van der Waals surface area contributed by atoms with E-state index in [1.54, 1.807) is 6.92 Å². The maximum atomic E-state index is 12.8. The van der Waals surface area contributed by atoms with Crippen molar-refractivity contribution in [3.05, 3.63) is 39.4 Å². The van der Waals surface area contributed by atoms with Gasteiger partial charge in [-0.25, -0.2) is 4.79 Å². The number of fused-ring (bicyclic) bond motifs is 9. The number of hydrogen-bond acceptors (Lipinski definition) is 13. The fourth-order valence-electron chi connectivity index (χ4n) is 7.50. The molecule has 0 spiro atoms. The number of ether oxygens (including phenoxy) is 5.